The van der Waals surface area contributed by atoms with Crippen LogP contribution in [0.25, 0.3) is 0 Å². The van der Waals surface area contributed by atoms with E-state index in [1.165, 1.54) is 0 Å². The number of halogens is 1. The molecule has 1 atom stereocenters. The second kappa shape index (κ2) is 7.61. The molecule has 6 nitrogen and oxygen atoms in total. The lowest BCUT2D eigenvalue weighted by atomic mass is 9.77. The van der Waals surface area contributed by atoms with Gasteiger partial charge in [-0.1, -0.05) is 12.1 Å². The van der Waals surface area contributed by atoms with Crippen LogP contribution in [0.3, 0.4) is 0 Å². The molecule has 1 unspecified atom stereocenters. The van der Waals surface area contributed by atoms with E-state index in [1.807, 2.05) is 18.2 Å². The summed E-state index contributed by atoms with van der Waals surface area (Å²) in [7, 11) is 0. The van der Waals surface area contributed by atoms with E-state index in [0.29, 0.717) is 49.1 Å². The van der Waals surface area contributed by atoms with Gasteiger partial charge in [0.05, 0.1) is 24.3 Å². The highest BCUT2D eigenvalue weighted by Crippen LogP contribution is 2.43. The maximum absolute atomic E-state index is 12.5. The number of ether oxygens (including phenoxy) is 4. The Hall–Kier alpha value is -1.15. The van der Waals surface area contributed by atoms with Crippen LogP contribution >= 0.6 is 15.9 Å². The molecule has 1 aliphatic heterocycles. The largest absolute Gasteiger partial charge is 0.474 e. The Morgan fingerprint density at radius 2 is 1.88 bits per heavy atom. The van der Waals surface area contributed by atoms with E-state index in [4.69, 9.17) is 18.9 Å². The van der Waals surface area contributed by atoms with Crippen LogP contribution in [0.5, 0.6) is 5.75 Å². The molecule has 1 aromatic rings. The molecule has 1 heterocycles. The summed E-state index contributed by atoms with van der Waals surface area (Å²) >= 11 is 3.40. The summed E-state index contributed by atoms with van der Waals surface area (Å²) in [4.78, 5) is 12.5. The summed E-state index contributed by atoms with van der Waals surface area (Å²) in [6, 6.07) is 7.22. The van der Waals surface area contributed by atoms with Gasteiger partial charge in [-0.05, 0) is 47.8 Å². The van der Waals surface area contributed by atoms with E-state index in [2.05, 4.69) is 15.9 Å². The molecule has 0 aromatic heterocycles. The number of hydrogen-bond acceptors (Lipinski definition) is 6. The fourth-order valence-electron chi connectivity index (χ4n) is 3.37. The summed E-state index contributed by atoms with van der Waals surface area (Å²) in [5.41, 5.74) is -1.33. The number of carbonyl (C=O) groups is 1. The van der Waals surface area contributed by atoms with Crippen molar-refractivity contribution >= 4 is 21.9 Å². The normalized spacial score (nSPS) is 22.5. The summed E-state index contributed by atoms with van der Waals surface area (Å²) < 4.78 is 23.2. The zero-order chi connectivity index (χ0) is 17.9. The van der Waals surface area contributed by atoms with Crippen LogP contribution in [0, 0.1) is 0 Å². The summed E-state index contributed by atoms with van der Waals surface area (Å²) in [5.74, 6) is -0.703. The average molecular weight is 415 g/mol. The van der Waals surface area contributed by atoms with Crippen molar-refractivity contribution in [1.82, 2.24) is 0 Å². The molecule has 25 heavy (non-hydrogen) atoms. The van der Waals surface area contributed by atoms with Gasteiger partial charge in [-0.2, -0.15) is 0 Å². The third kappa shape index (κ3) is 4.00. The van der Waals surface area contributed by atoms with Gasteiger partial charge in [-0.15, -0.1) is 0 Å². The van der Waals surface area contributed by atoms with Crippen LogP contribution in [-0.4, -0.2) is 48.4 Å². The van der Waals surface area contributed by atoms with Gasteiger partial charge in [0.2, 0.25) is 6.10 Å². The van der Waals surface area contributed by atoms with Crippen LogP contribution < -0.4 is 4.74 Å². The predicted molar refractivity (Wildman–Crippen MR) is 93.2 cm³/mol. The lowest BCUT2D eigenvalue weighted by molar-refractivity contribution is -0.218. The average Bonchev–Trinajstić information content (AvgIpc) is 3.06. The van der Waals surface area contributed by atoms with Crippen molar-refractivity contribution in [2.24, 2.45) is 0 Å². The fraction of sp³-hybridized carbons (Fsp3) is 0.611. The molecule has 2 fully saturated rings. The minimum absolute atomic E-state index is 0.223. The minimum atomic E-state index is -1.33. The zero-order valence-corrected chi connectivity index (χ0v) is 15.8. The number of rotatable bonds is 5. The van der Waals surface area contributed by atoms with Crippen LogP contribution in [0.4, 0.5) is 0 Å². The van der Waals surface area contributed by atoms with Gasteiger partial charge < -0.3 is 24.1 Å². The summed E-state index contributed by atoms with van der Waals surface area (Å²) in [5, 5.41) is 11.2. The fourth-order valence-corrected chi connectivity index (χ4v) is 3.75. The Kier molecular flexibility index (Phi) is 5.68. The number of hydrogen-bond donors (Lipinski definition) is 1. The molecular weight excluding hydrogens is 392 g/mol. The molecular formula is C18H23BrO6. The second-order valence-electron chi connectivity index (χ2n) is 6.39. The van der Waals surface area contributed by atoms with Crippen LogP contribution in [0.1, 0.15) is 32.6 Å². The van der Waals surface area contributed by atoms with Gasteiger partial charge >= 0.3 is 5.97 Å². The quantitative estimate of drug-likeness (QED) is 0.746. The SMILES string of the molecule is CCOC(=O)C(Oc1ccccc1Br)C1(O)CCC2(CC1)OCCO2. The number of benzene rings is 1. The van der Waals surface area contributed by atoms with Crippen molar-refractivity contribution < 1.29 is 28.8 Å². The predicted octanol–water partition coefficient (Wildman–Crippen LogP) is 2.81. The highest BCUT2D eigenvalue weighted by atomic mass is 79.9. The molecule has 3 rings (SSSR count). The first-order valence-electron chi connectivity index (χ1n) is 8.56. The highest BCUT2D eigenvalue weighted by molar-refractivity contribution is 9.10. The van der Waals surface area contributed by atoms with Crippen molar-refractivity contribution in [1.29, 1.82) is 0 Å². The number of para-hydroxylation sites is 1. The van der Waals surface area contributed by atoms with Gasteiger partial charge in [-0.3, -0.25) is 0 Å². The van der Waals surface area contributed by atoms with Gasteiger partial charge in [0.15, 0.2) is 5.79 Å². The molecule has 1 spiro atoms. The van der Waals surface area contributed by atoms with Gasteiger partial charge in [0.1, 0.15) is 11.4 Å². The molecule has 0 amide bonds. The topological polar surface area (TPSA) is 74.2 Å². The van der Waals surface area contributed by atoms with Crippen LogP contribution in [0.2, 0.25) is 0 Å². The standard InChI is InChI=1S/C18H23BrO6/c1-2-22-16(20)15(25-14-6-4-3-5-13(14)19)17(21)7-9-18(10-8-17)23-11-12-24-18/h3-6,15,21H,2,7-12H2,1H3. The van der Waals surface area contributed by atoms with Gasteiger partial charge in [0.25, 0.3) is 0 Å². The van der Waals surface area contributed by atoms with E-state index in [1.54, 1.807) is 13.0 Å². The third-order valence-electron chi connectivity index (χ3n) is 4.76. The maximum Gasteiger partial charge on any atom is 0.350 e. The first kappa shape index (κ1) is 18.6. The summed E-state index contributed by atoms with van der Waals surface area (Å²) in [6.45, 7) is 3.08. The van der Waals surface area contributed by atoms with E-state index in [9.17, 15) is 9.90 Å². The van der Waals surface area contributed by atoms with Crippen LogP contribution in [-0.2, 0) is 19.0 Å². The molecule has 138 valence electrons. The Balaban J connectivity index is 1.79. The molecule has 0 bridgehead atoms. The van der Waals surface area contributed by atoms with Crippen molar-refractivity contribution in [2.75, 3.05) is 19.8 Å². The highest BCUT2D eigenvalue weighted by Gasteiger charge is 2.52. The number of carbonyl (C=O) groups excluding carboxylic acids is 1. The van der Waals surface area contributed by atoms with Crippen molar-refractivity contribution in [3.05, 3.63) is 28.7 Å². The molecule has 0 radical (unpaired) electrons. The first-order valence-corrected chi connectivity index (χ1v) is 9.35. The molecule has 2 aliphatic rings. The Morgan fingerprint density at radius 1 is 1.24 bits per heavy atom. The minimum Gasteiger partial charge on any atom is -0.474 e. The lowest BCUT2D eigenvalue weighted by Gasteiger charge is -2.43. The van der Waals surface area contributed by atoms with E-state index >= 15 is 0 Å². The van der Waals surface area contributed by atoms with E-state index in [-0.39, 0.29) is 6.61 Å². The number of esters is 1. The Bertz CT molecular complexity index is 603. The van der Waals surface area contributed by atoms with Crippen LogP contribution in [0.15, 0.2) is 28.7 Å². The summed E-state index contributed by atoms with van der Waals surface area (Å²) in [6.07, 6.45) is 0.587. The van der Waals surface area contributed by atoms with Crippen molar-refractivity contribution in [3.63, 3.8) is 0 Å². The lowest BCUT2D eigenvalue weighted by Crippen LogP contribution is -2.56. The molecule has 1 N–H and O–H groups in total. The maximum atomic E-state index is 12.5. The first-order chi connectivity index (χ1) is 12.0. The monoisotopic (exact) mass is 414 g/mol. The second-order valence-corrected chi connectivity index (χ2v) is 7.25. The molecule has 7 heteroatoms. The van der Waals surface area contributed by atoms with Crippen molar-refractivity contribution in [3.8, 4) is 5.75 Å². The third-order valence-corrected chi connectivity index (χ3v) is 5.42. The van der Waals surface area contributed by atoms with E-state index in [0.717, 1.165) is 0 Å². The molecule has 1 saturated heterocycles. The zero-order valence-electron chi connectivity index (χ0n) is 14.2. The number of aliphatic hydroxyl groups is 1. The molecule has 1 saturated carbocycles. The smallest absolute Gasteiger partial charge is 0.350 e. The Labute approximate surface area is 155 Å². The molecule has 1 aliphatic carbocycles. The Morgan fingerprint density at radius 3 is 2.48 bits per heavy atom. The van der Waals surface area contributed by atoms with Gasteiger partial charge in [-0.25, -0.2) is 4.79 Å². The van der Waals surface area contributed by atoms with Gasteiger partial charge in [0, 0.05) is 12.8 Å². The van der Waals surface area contributed by atoms with Crippen molar-refractivity contribution in [2.45, 2.75) is 50.1 Å². The van der Waals surface area contributed by atoms with E-state index < -0.39 is 23.5 Å². The molecule has 1 aromatic carbocycles.